The zero-order chi connectivity index (χ0) is 12.3. The fourth-order valence-corrected chi connectivity index (χ4v) is 3.99. The summed E-state index contributed by atoms with van der Waals surface area (Å²) in [7, 11) is -3.06. The molecular formula is C12H25ClN2O2S. The van der Waals surface area contributed by atoms with E-state index in [9.17, 15) is 8.42 Å². The number of sulfonamides is 1. The van der Waals surface area contributed by atoms with Crippen LogP contribution in [0.15, 0.2) is 0 Å². The van der Waals surface area contributed by atoms with Crippen LogP contribution in [0.25, 0.3) is 0 Å². The Morgan fingerprint density at radius 1 is 1.33 bits per heavy atom. The summed E-state index contributed by atoms with van der Waals surface area (Å²) in [5.41, 5.74) is 0. The predicted octanol–water partition coefficient (Wildman–Crippen LogP) is 1.52. The van der Waals surface area contributed by atoms with E-state index in [0.717, 1.165) is 32.4 Å². The Labute approximate surface area is 117 Å². The van der Waals surface area contributed by atoms with Crippen LogP contribution in [0.2, 0.25) is 0 Å². The number of hydrogen-bond donors (Lipinski definition) is 2. The van der Waals surface area contributed by atoms with Gasteiger partial charge in [0.05, 0.1) is 5.75 Å². The van der Waals surface area contributed by atoms with Crippen molar-refractivity contribution in [1.29, 1.82) is 0 Å². The van der Waals surface area contributed by atoms with Crippen LogP contribution in [0, 0.1) is 11.8 Å². The van der Waals surface area contributed by atoms with Gasteiger partial charge in [-0.25, -0.2) is 13.1 Å². The van der Waals surface area contributed by atoms with Crippen molar-refractivity contribution in [3.8, 4) is 0 Å². The van der Waals surface area contributed by atoms with Crippen molar-refractivity contribution in [2.75, 3.05) is 18.8 Å². The minimum atomic E-state index is -3.06. The molecule has 0 aromatic carbocycles. The lowest BCUT2D eigenvalue weighted by molar-refractivity contribution is 0.320. The van der Waals surface area contributed by atoms with E-state index in [4.69, 9.17) is 0 Å². The van der Waals surface area contributed by atoms with Gasteiger partial charge >= 0.3 is 0 Å². The predicted molar refractivity (Wildman–Crippen MR) is 76.6 cm³/mol. The average Bonchev–Trinajstić information content (AvgIpc) is 3.11. The lowest BCUT2D eigenvalue weighted by Gasteiger charge is -2.28. The molecule has 1 heterocycles. The summed E-state index contributed by atoms with van der Waals surface area (Å²) >= 11 is 0. The molecule has 0 bridgehead atoms. The molecule has 2 rings (SSSR count). The van der Waals surface area contributed by atoms with Crippen LogP contribution < -0.4 is 10.0 Å². The molecule has 1 aliphatic heterocycles. The van der Waals surface area contributed by atoms with Gasteiger partial charge in [-0.1, -0.05) is 12.8 Å². The zero-order valence-corrected chi connectivity index (χ0v) is 12.7. The Morgan fingerprint density at radius 3 is 2.61 bits per heavy atom. The first-order valence-corrected chi connectivity index (χ1v) is 8.43. The smallest absolute Gasteiger partial charge is 0.211 e. The van der Waals surface area contributed by atoms with E-state index in [1.54, 1.807) is 0 Å². The second kappa shape index (κ2) is 7.08. The van der Waals surface area contributed by atoms with E-state index in [1.807, 2.05) is 6.92 Å². The van der Waals surface area contributed by atoms with Crippen LogP contribution in [0.5, 0.6) is 0 Å². The highest BCUT2D eigenvalue weighted by Crippen LogP contribution is 2.32. The summed E-state index contributed by atoms with van der Waals surface area (Å²) in [5.74, 6) is 1.43. The normalized spacial score (nSPS) is 26.4. The Morgan fingerprint density at radius 2 is 2.06 bits per heavy atom. The van der Waals surface area contributed by atoms with Crippen molar-refractivity contribution < 1.29 is 8.42 Å². The SMILES string of the molecule is CC(NS(=O)(=O)CCC1CC1)C1CCCNC1.Cl. The number of piperidine rings is 1. The summed E-state index contributed by atoms with van der Waals surface area (Å²) in [4.78, 5) is 0. The van der Waals surface area contributed by atoms with Crippen molar-refractivity contribution in [3.63, 3.8) is 0 Å². The van der Waals surface area contributed by atoms with Crippen LogP contribution in [0.1, 0.15) is 39.0 Å². The fourth-order valence-electron chi connectivity index (χ4n) is 2.47. The largest absolute Gasteiger partial charge is 0.316 e. The zero-order valence-electron chi connectivity index (χ0n) is 11.0. The first-order valence-electron chi connectivity index (χ1n) is 6.77. The maximum atomic E-state index is 11.9. The average molecular weight is 297 g/mol. The van der Waals surface area contributed by atoms with Crippen LogP contribution in [-0.2, 0) is 10.0 Å². The van der Waals surface area contributed by atoms with Gasteiger partial charge < -0.3 is 5.32 Å². The monoisotopic (exact) mass is 296 g/mol. The Bertz CT molecular complexity index is 338. The topological polar surface area (TPSA) is 58.2 Å². The Balaban J connectivity index is 0.00000162. The fraction of sp³-hybridized carbons (Fsp3) is 1.00. The van der Waals surface area contributed by atoms with Gasteiger partial charge in [0.1, 0.15) is 0 Å². The second-order valence-electron chi connectivity index (χ2n) is 5.56. The number of nitrogens with one attached hydrogen (secondary N) is 2. The Kier molecular flexibility index (Phi) is 6.38. The molecule has 18 heavy (non-hydrogen) atoms. The third-order valence-electron chi connectivity index (χ3n) is 3.90. The van der Waals surface area contributed by atoms with E-state index in [1.165, 1.54) is 12.8 Å². The second-order valence-corrected chi connectivity index (χ2v) is 7.44. The molecule has 2 fully saturated rings. The molecule has 0 amide bonds. The van der Waals surface area contributed by atoms with Crippen LogP contribution in [0.3, 0.4) is 0 Å². The molecule has 1 aliphatic carbocycles. The third kappa shape index (κ3) is 5.43. The molecule has 2 N–H and O–H groups in total. The number of rotatable bonds is 6. The highest BCUT2D eigenvalue weighted by Gasteiger charge is 2.27. The molecule has 6 heteroatoms. The molecule has 1 saturated heterocycles. The maximum Gasteiger partial charge on any atom is 0.211 e. The summed E-state index contributed by atoms with van der Waals surface area (Å²) in [5, 5.41) is 3.33. The van der Waals surface area contributed by atoms with Crippen LogP contribution in [0.4, 0.5) is 0 Å². The van der Waals surface area contributed by atoms with Gasteiger partial charge in [0.25, 0.3) is 0 Å². The van der Waals surface area contributed by atoms with E-state index in [0.29, 0.717) is 17.6 Å². The summed E-state index contributed by atoms with van der Waals surface area (Å²) < 4.78 is 26.6. The van der Waals surface area contributed by atoms with Gasteiger partial charge in [0, 0.05) is 6.04 Å². The summed E-state index contributed by atoms with van der Waals surface area (Å²) in [6.45, 7) is 4.00. The van der Waals surface area contributed by atoms with Gasteiger partial charge in [0.15, 0.2) is 0 Å². The maximum absolute atomic E-state index is 11.9. The highest BCUT2D eigenvalue weighted by molar-refractivity contribution is 7.89. The highest BCUT2D eigenvalue weighted by atomic mass is 35.5. The van der Waals surface area contributed by atoms with Gasteiger partial charge in [-0.15, -0.1) is 12.4 Å². The van der Waals surface area contributed by atoms with Gasteiger partial charge in [0.2, 0.25) is 10.0 Å². The molecule has 108 valence electrons. The van der Waals surface area contributed by atoms with E-state index in [-0.39, 0.29) is 18.4 Å². The molecule has 2 aliphatic rings. The summed E-state index contributed by atoms with van der Waals surface area (Å²) in [6, 6.07) is 0.0620. The first kappa shape index (κ1) is 16.2. The standard InChI is InChI=1S/C12H24N2O2S.ClH/c1-10(12-3-2-7-13-9-12)14-17(15,16)8-6-11-4-5-11;/h10-14H,2-9H2,1H3;1H. The van der Waals surface area contributed by atoms with E-state index >= 15 is 0 Å². The molecule has 0 aromatic rings. The molecule has 4 nitrogen and oxygen atoms in total. The molecule has 2 unspecified atom stereocenters. The van der Waals surface area contributed by atoms with E-state index in [2.05, 4.69) is 10.0 Å². The van der Waals surface area contributed by atoms with Crippen molar-refractivity contribution in [1.82, 2.24) is 10.0 Å². The van der Waals surface area contributed by atoms with E-state index < -0.39 is 10.0 Å². The van der Waals surface area contributed by atoms with Gasteiger partial charge in [-0.3, -0.25) is 0 Å². The van der Waals surface area contributed by atoms with Crippen LogP contribution >= 0.6 is 12.4 Å². The molecule has 2 atom stereocenters. The third-order valence-corrected chi connectivity index (χ3v) is 5.40. The lowest BCUT2D eigenvalue weighted by Crippen LogP contribution is -2.45. The molecule has 0 radical (unpaired) electrons. The minimum Gasteiger partial charge on any atom is -0.316 e. The quantitative estimate of drug-likeness (QED) is 0.781. The molecule has 1 saturated carbocycles. The van der Waals surface area contributed by atoms with Crippen molar-refractivity contribution in [2.24, 2.45) is 11.8 Å². The Hall–Kier alpha value is 0.160. The number of halogens is 1. The summed E-state index contributed by atoms with van der Waals surface area (Å²) in [6.07, 6.45) is 5.55. The first-order chi connectivity index (χ1) is 8.07. The number of hydrogen-bond acceptors (Lipinski definition) is 3. The molecular weight excluding hydrogens is 272 g/mol. The lowest BCUT2D eigenvalue weighted by atomic mass is 9.94. The minimum absolute atomic E-state index is 0. The van der Waals surface area contributed by atoms with Crippen LogP contribution in [-0.4, -0.2) is 33.3 Å². The molecule has 0 spiro atoms. The van der Waals surface area contributed by atoms with Crippen molar-refractivity contribution in [2.45, 2.75) is 45.1 Å². The van der Waals surface area contributed by atoms with Gasteiger partial charge in [-0.05, 0) is 51.1 Å². The molecule has 0 aromatic heterocycles. The van der Waals surface area contributed by atoms with Gasteiger partial charge in [-0.2, -0.15) is 0 Å². The van der Waals surface area contributed by atoms with Crippen molar-refractivity contribution >= 4 is 22.4 Å². The van der Waals surface area contributed by atoms with Crippen molar-refractivity contribution in [3.05, 3.63) is 0 Å².